The lowest BCUT2D eigenvalue weighted by Gasteiger charge is -2.16. The number of pyridine rings is 1. The molecular formula is C13H14N4O. The number of amides is 1. The summed E-state index contributed by atoms with van der Waals surface area (Å²) in [7, 11) is 0. The number of carbonyl (C=O) groups excluding carboxylic acids is 1. The van der Waals surface area contributed by atoms with Crippen molar-refractivity contribution in [3.05, 3.63) is 23.9 Å². The Hall–Kier alpha value is -2.09. The molecule has 1 saturated carbocycles. The largest absolute Gasteiger partial charge is 0.365 e. The Balaban J connectivity index is 1.63. The molecule has 1 aromatic rings. The fourth-order valence-corrected chi connectivity index (χ4v) is 2.32. The third-order valence-corrected chi connectivity index (χ3v) is 3.39. The Bertz CT molecular complexity index is 501. The number of aromatic nitrogens is 1. The number of anilines is 1. The highest BCUT2D eigenvalue weighted by molar-refractivity contribution is 5.80. The number of likely N-dealkylation sites (tertiary alicyclic amines) is 1. The van der Waals surface area contributed by atoms with E-state index < -0.39 is 0 Å². The number of nitriles is 1. The van der Waals surface area contributed by atoms with Gasteiger partial charge in [-0.3, -0.25) is 4.79 Å². The van der Waals surface area contributed by atoms with Gasteiger partial charge in [0.15, 0.2) is 0 Å². The van der Waals surface area contributed by atoms with Crippen LogP contribution in [0.3, 0.4) is 0 Å². The van der Waals surface area contributed by atoms with E-state index in [4.69, 9.17) is 5.26 Å². The highest BCUT2D eigenvalue weighted by atomic mass is 16.2. The van der Waals surface area contributed by atoms with Gasteiger partial charge < -0.3 is 10.2 Å². The molecule has 5 nitrogen and oxygen atoms in total. The molecule has 1 aromatic heterocycles. The number of hydrogen-bond donors (Lipinski definition) is 1. The van der Waals surface area contributed by atoms with Gasteiger partial charge >= 0.3 is 0 Å². The van der Waals surface area contributed by atoms with Gasteiger partial charge in [-0.05, 0) is 25.0 Å². The van der Waals surface area contributed by atoms with Crippen molar-refractivity contribution in [1.29, 1.82) is 5.26 Å². The second-order valence-electron chi connectivity index (χ2n) is 4.87. The standard InChI is InChI=1S/C13H14N4O/c14-6-9-1-4-12(15-7-9)16-10-5-13(18)17(8-10)11-2-3-11/h1,4,7,10-11H,2-3,5,8H2,(H,15,16). The number of nitrogens with zero attached hydrogens (tertiary/aromatic N) is 3. The Morgan fingerprint density at radius 3 is 2.89 bits per heavy atom. The molecule has 1 amide bonds. The van der Waals surface area contributed by atoms with Gasteiger partial charge in [0.05, 0.1) is 11.6 Å². The summed E-state index contributed by atoms with van der Waals surface area (Å²) < 4.78 is 0. The summed E-state index contributed by atoms with van der Waals surface area (Å²) in [4.78, 5) is 17.9. The first-order valence-corrected chi connectivity index (χ1v) is 6.18. The smallest absolute Gasteiger partial charge is 0.225 e. The molecule has 2 heterocycles. The van der Waals surface area contributed by atoms with Crippen LogP contribution in [0, 0.1) is 11.3 Å². The number of nitrogens with one attached hydrogen (secondary N) is 1. The van der Waals surface area contributed by atoms with Crippen LogP contribution in [0.1, 0.15) is 24.8 Å². The maximum absolute atomic E-state index is 11.8. The average Bonchev–Trinajstić information content (AvgIpc) is 3.15. The molecule has 18 heavy (non-hydrogen) atoms. The lowest BCUT2D eigenvalue weighted by molar-refractivity contribution is -0.128. The van der Waals surface area contributed by atoms with E-state index in [2.05, 4.69) is 10.3 Å². The highest BCUT2D eigenvalue weighted by Gasteiger charge is 2.39. The molecule has 92 valence electrons. The fraction of sp³-hybridized carbons (Fsp3) is 0.462. The summed E-state index contributed by atoms with van der Waals surface area (Å²) in [6.45, 7) is 0.769. The zero-order valence-corrected chi connectivity index (χ0v) is 9.97. The lowest BCUT2D eigenvalue weighted by Crippen LogP contribution is -2.29. The molecule has 0 radical (unpaired) electrons. The van der Waals surface area contributed by atoms with Gasteiger partial charge in [-0.25, -0.2) is 4.98 Å². The van der Waals surface area contributed by atoms with Crippen LogP contribution in [-0.2, 0) is 4.79 Å². The highest BCUT2D eigenvalue weighted by Crippen LogP contribution is 2.31. The van der Waals surface area contributed by atoms with Crippen LogP contribution in [0.15, 0.2) is 18.3 Å². The van der Waals surface area contributed by atoms with Crippen molar-refractivity contribution in [2.75, 3.05) is 11.9 Å². The van der Waals surface area contributed by atoms with E-state index in [0.29, 0.717) is 18.0 Å². The molecule has 1 aliphatic carbocycles. The first-order chi connectivity index (χ1) is 8.76. The summed E-state index contributed by atoms with van der Waals surface area (Å²) >= 11 is 0. The summed E-state index contributed by atoms with van der Waals surface area (Å²) in [5.41, 5.74) is 0.544. The van der Waals surface area contributed by atoms with Gasteiger partial charge in [0.2, 0.25) is 5.91 Å². The predicted molar refractivity (Wildman–Crippen MR) is 65.7 cm³/mol. The molecule has 1 saturated heterocycles. The van der Waals surface area contributed by atoms with Crippen molar-refractivity contribution >= 4 is 11.7 Å². The van der Waals surface area contributed by atoms with E-state index in [1.807, 2.05) is 11.0 Å². The van der Waals surface area contributed by atoms with Crippen LogP contribution in [-0.4, -0.2) is 34.4 Å². The minimum absolute atomic E-state index is 0.138. The minimum atomic E-state index is 0.138. The normalized spacial score (nSPS) is 22.9. The Morgan fingerprint density at radius 1 is 1.44 bits per heavy atom. The molecule has 5 heteroatoms. The second-order valence-corrected chi connectivity index (χ2v) is 4.87. The van der Waals surface area contributed by atoms with Gasteiger partial charge in [-0.2, -0.15) is 5.26 Å². The van der Waals surface area contributed by atoms with Gasteiger partial charge in [-0.15, -0.1) is 0 Å². The zero-order chi connectivity index (χ0) is 12.5. The minimum Gasteiger partial charge on any atom is -0.365 e. The summed E-state index contributed by atoms with van der Waals surface area (Å²) in [6, 6.07) is 6.16. The van der Waals surface area contributed by atoms with E-state index in [9.17, 15) is 4.79 Å². The SMILES string of the molecule is N#Cc1ccc(NC2CC(=O)N(C3CC3)C2)nc1. The molecule has 0 bridgehead atoms. The Morgan fingerprint density at radius 2 is 2.28 bits per heavy atom. The molecular weight excluding hydrogens is 228 g/mol. The monoisotopic (exact) mass is 242 g/mol. The Labute approximate surface area is 105 Å². The van der Waals surface area contributed by atoms with Crippen molar-refractivity contribution in [2.24, 2.45) is 0 Å². The van der Waals surface area contributed by atoms with Gasteiger partial charge in [0.1, 0.15) is 11.9 Å². The molecule has 2 fully saturated rings. The number of rotatable bonds is 3. The Kier molecular flexibility index (Phi) is 2.63. The molecule has 1 unspecified atom stereocenters. The molecule has 1 atom stereocenters. The van der Waals surface area contributed by atoms with Crippen LogP contribution >= 0.6 is 0 Å². The van der Waals surface area contributed by atoms with Crippen LogP contribution in [0.5, 0.6) is 0 Å². The van der Waals surface area contributed by atoms with Gasteiger partial charge in [-0.1, -0.05) is 0 Å². The summed E-state index contributed by atoms with van der Waals surface area (Å²) in [5.74, 6) is 0.966. The van der Waals surface area contributed by atoms with E-state index in [1.165, 1.54) is 6.20 Å². The topological polar surface area (TPSA) is 69.0 Å². The summed E-state index contributed by atoms with van der Waals surface area (Å²) in [6.07, 6.45) is 4.37. The van der Waals surface area contributed by atoms with E-state index >= 15 is 0 Å². The molecule has 1 aliphatic heterocycles. The predicted octanol–water partition coefficient (Wildman–Crippen LogP) is 1.13. The molecule has 0 spiro atoms. The molecule has 1 N–H and O–H groups in total. The molecule has 0 aromatic carbocycles. The third-order valence-electron chi connectivity index (χ3n) is 3.39. The third kappa shape index (κ3) is 2.14. The first kappa shape index (κ1) is 11.0. The van der Waals surface area contributed by atoms with Crippen molar-refractivity contribution in [3.63, 3.8) is 0 Å². The van der Waals surface area contributed by atoms with Crippen LogP contribution < -0.4 is 5.32 Å². The lowest BCUT2D eigenvalue weighted by atomic mass is 10.2. The van der Waals surface area contributed by atoms with E-state index in [0.717, 1.165) is 25.2 Å². The number of hydrogen-bond acceptors (Lipinski definition) is 4. The summed E-state index contributed by atoms with van der Waals surface area (Å²) in [5, 5.41) is 11.9. The quantitative estimate of drug-likeness (QED) is 0.862. The fourth-order valence-electron chi connectivity index (χ4n) is 2.32. The molecule has 2 aliphatic rings. The van der Waals surface area contributed by atoms with Crippen LogP contribution in [0.25, 0.3) is 0 Å². The van der Waals surface area contributed by atoms with Crippen molar-refractivity contribution < 1.29 is 4.79 Å². The van der Waals surface area contributed by atoms with Crippen molar-refractivity contribution in [1.82, 2.24) is 9.88 Å². The van der Waals surface area contributed by atoms with Crippen LogP contribution in [0.2, 0.25) is 0 Å². The maximum atomic E-state index is 11.8. The van der Waals surface area contributed by atoms with E-state index in [1.54, 1.807) is 12.1 Å². The zero-order valence-electron chi connectivity index (χ0n) is 9.97. The van der Waals surface area contributed by atoms with Gasteiger partial charge in [0.25, 0.3) is 0 Å². The van der Waals surface area contributed by atoms with Crippen LogP contribution in [0.4, 0.5) is 5.82 Å². The second kappa shape index (κ2) is 4.30. The van der Waals surface area contributed by atoms with Crippen molar-refractivity contribution in [2.45, 2.75) is 31.3 Å². The molecule has 3 rings (SSSR count). The number of carbonyl (C=O) groups is 1. The first-order valence-electron chi connectivity index (χ1n) is 6.18. The average molecular weight is 242 g/mol. The van der Waals surface area contributed by atoms with Crippen molar-refractivity contribution in [3.8, 4) is 6.07 Å². The van der Waals surface area contributed by atoms with E-state index in [-0.39, 0.29) is 11.9 Å². The maximum Gasteiger partial charge on any atom is 0.225 e. The van der Waals surface area contributed by atoms with Gasteiger partial charge in [0, 0.05) is 25.2 Å².